The van der Waals surface area contributed by atoms with Crippen molar-refractivity contribution in [2.45, 2.75) is 33.3 Å². The van der Waals surface area contributed by atoms with Gasteiger partial charge in [0.15, 0.2) is 11.5 Å². The van der Waals surface area contributed by atoms with Crippen molar-refractivity contribution in [2.24, 2.45) is 0 Å². The minimum absolute atomic E-state index is 0.250. The summed E-state index contributed by atoms with van der Waals surface area (Å²) >= 11 is 0. The van der Waals surface area contributed by atoms with Gasteiger partial charge in [0.25, 0.3) is 5.91 Å². The first kappa shape index (κ1) is 24.1. The lowest BCUT2D eigenvalue weighted by Crippen LogP contribution is -2.31. The van der Waals surface area contributed by atoms with E-state index in [1.165, 1.54) is 4.90 Å². The summed E-state index contributed by atoms with van der Waals surface area (Å²) in [5.41, 5.74) is 2.96. The maximum atomic E-state index is 12.7. The van der Waals surface area contributed by atoms with Crippen LogP contribution in [0.5, 0.6) is 11.5 Å². The number of fused-ring (bicyclic) bond motifs is 1. The van der Waals surface area contributed by atoms with Crippen LogP contribution in [0.25, 0.3) is 16.8 Å². The highest BCUT2D eigenvalue weighted by atomic mass is 16.5. The molecule has 1 heterocycles. The molecule has 0 saturated carbocycles. The van der Waals surface area contributed by atoms with E-state index >= 15 is 0 Å². The standard InChI is InChI=1S/C29H30N2O4/c1-4-10-22-16-20(17-25-28(32)31(15-5-2)29(33)30-25)18-26(34-6-3)27(22)35-19-23-13-9-12-21-11-7-8-14-24(21)23/h4,7-9,11-14,16-18H,1,5-6,10,15,19H2,2-3H3,(H,30,33)/b25-17+. The molecule has 1 aliphatic rings. The van der Waals surface area contributed by atoms with Crippen LogP contribution in [0.1, 0.15) is 37.0 Å². The molecule has 0 unspecified atom stereocenters. The summed E-state index contributed by atoms with van der Waals surface area (Å²) in [5, 5.41) is 4.98. The fourth-order valence-corrected chi connectivity index (χ4v) is 4.23. The zero-order chi connectivity index (χ0) is 24.8. The molecule has 1 fully saturated rings. The van der Waals surface area contributed by atoms with Crippen LogP contribution in [0.2, 0.25) is 0 Å². The lowest BCUT2D eigenvalue weighted by atomic mass is 10.0. The zero-order valence-electron chi connectivity index (χ0n) is 20.2. The number of urea groups is 1. The van der Waals surface area contributed by atoms with Crippen molar-refractivity contribution in [1.29, 1.82) is 0 Å². The highest BCUT2D eigenvalue weighted by molar-refractivity contribution is 6.14. The summed E-state index contributed by atoms with van der Waals surface area (Å²) in [6.07, 6.45) is 4.75. The van der Waals surface area contributed by atoms with Crippen LogP contribution >= 0.6 is 0 Å². The average molecular weight is 471 g/mol. The number of nitrogens with zero attached hydrogens (tertiary/aromatic N) is 1. The van der Waals surface area contributed by atoms with Gasteiger partial charge in [0.2, 0.25) is 0 Å². The van der Waals surface area contributed by atoms with Crippen LogP contribution in [0.3, 0.4) is 0 Å². The number of carbonyl (C=O) groups excluding carboxylic acids is 2. The number of hydrogen-bond acceptors (Lipinski definition) is 4. The minimum atomic E-state index is -0.394. The summed E-state index contributed by atoms with van der Waals surface area (Å²) < 4.78 is 12.3. The van der Waals surface area contributed by atoms with E-state index in [1.807, 2.05) is 44.2 Å². The molecular formula is C29H30N2O4. The van der Waals surface area contributed by atoms with Gasteiger partial charge in [-0.05, 0) is 59.9 Å². The molecule has 35 heavy (non-hydrogen) atoms. The van der Waals surface area contributed by atoms with E-state index in [9.17, 15) is 9.59 Å². The molecule has 6 heteroatoms. The maximum absolute atomic E-state index is 12.7. The first-order valence-electron chi connectivity index (χ1n) is 11.9. The van der Waals surface area contributed by atoms with Gasteiger partial charge in [-0.1, -0.05) is 55.5 Å². The molecular weight excluding hydrogens is 440 g/mol. The number of carbonyl (C=O) groups is 2. The molecule has 0 radical (unpaired) electrons. The number of allylic oxidation sites excluding steroid dienone is 1. The number of hydrogen-bond donors (Lipinski definition) is 1. The van der Waals surface area contributed by atoms with Gasteiger partial charge >= 0.3 is 6.03 Å². The Bertz CT molecular complexity index is 1290. The minimum Gasteiger partial charge on any atom is -0.490 e. The van der Waals surface area contributed by atoms with E-state index in [2.05, 4.69) is 36.2 Å². The van der Waals surface area contributed by atoms with Crippen LogP contribution in [0.4, 0.5) is 4.79 Å². The van der Waals surface area contributed by atoms with E-state index in [4.69, 9.17) is 9.47 Å². The Morgan fingerprint density at radius 2 is 1.80 bits per heavy atom. The van der Waals surface area contributed by atoms with Crippen molar-refractivity contribution < 1.29 is 19.1 Å². The highest BCUT2D eigenvalue weighted by Gasteiger charge is 2.32. The first-order valence-corrected chi connectivity index (χ1v) is 11.9. The van der Waals surface area contributed by atoms with Gasteiger partial charge in [-0.2, -0.15) is 0 Å². The van der Waals surface area contributed by atoms with Gasteiger partial charge in [-0.25, -0.2) is 4.79 Å². The Kier molecular flexibility index (Phi) is 7.51. The smallest absolute Gasteiger partial charge is 0.329 e. The Labute approximate surface area is 205 Å². The van der Waals surface area contributed by atoms with Gasteiger partial charge in [-0.3, -0.25) is 9.69 Å². The zero-order valence-corrected chi connectivity index (χ0v) is 20.2. The third kappa shape index (κ3) is 5.22. The fraction of sp³-hybridized carbons (Fsp3) is 0.241. The predicted molar refractivity (Wildman–Crippen MR) is 138 cm³/mol. The molecule has 4 rings (SSSR count). The number of imide groups is 1. The fourth-order valence-electron chi connectivity index (χ4n) is 4.23. The number of benzene rings is 3. The van der Waals surface area contributed by atoms with Crippen LogP contribution in [-0.4, -0.2) is 30.0 Å². The summed E-state index contributed by atoms with van der Waals surface area (Å²) in [7, 11) is 0. The van der Waals surface area contributed by atoms with Crippen LogP contribution < -0.4 is 14.8 Å². The second-order valence-electron chi connectivity index (χ2n) is 8.31. The topological polar surface area (TPSA) is 67.9 Å². The number of rotatable bonds is 10. The van der Waals surface area contributed by atoms with Gasteiger partial charge in [-0.15, -0.1) is 6.58 Å². The molecule has 0 atom stereocenters. The Morgan fingerprint density at radius 3 is 2.57 bits per heavy atom. The molecule has 0 spiro atoms. The Hall–Kier alpha value is -4.06. The number of amides is 3. The van der Waals surface area contributed by atoms with Gasteiger partial charge < -0.3 is 14.8 Å². The molecule has 6 nitrogen and oxygen atoms in total. The Morgan fingerprint density at radius 1 is 1.00 bits per heavy atom. The molecule has 3 aromatic rings. The summed E-state index contributed by atoms with van der Waals surface area (Å²) in [6.45, 7) is 8.95. The lowest BCUT2D eigenvalue weighted by molar-refractivity contribution is -0.122. The summed E-state index contributed by atoms with van der Waals surface area (Å²) in [6, 6.07) is 17.8. The highest BCUT2D eigenvalue weighted by Crippen LogP contribution is 2.36. The van der Waals surface area contributed by atoms with Gasteiger partial charge in [0.1, 0.15) is 12.3 Å². The van der Waals surface area contributed by atoms with Crippen molar-refractivity contribution in [2.75, 3.05) is 13.2 Å². The lowest BCUT2D eigenvalue weighted by Gasteiger charge is -2.17. The monoisotopic (exact) mass is 470 g/mol. The molecule has 180 valence electrons. The first-order chi connectivity index (χ1) is 17.0. The van der Waals surface area contributed by atoms with Gasteiger partial charge in [0, 0.05) is 12.1 Å². The van der Waals surface area contributed by atoms with Crippen LogP contribution in [0, 0.1) is 0 Å². The molecule has 0 aromatic heterocycles. The van der Waals surface area contributed by atoms with E-state index in [-0.39, 0.29) is 11.6 Å². The van der Waals surface area contributed by atoms with E-state index < -0.39 is 6.03 Å². The van der Waals surface area contributed by atoms with E-state index in [0.717, 1.165) is 27.5 Å². The normalized spacial score (nSPS) is 14.5. The molecule has 1 N–H and O–H groups in total. The van der Waals surface area contributed by atoms with E-state index in [0.29, 0.717) is 44.1 Å². The third-order valence-electron chi connectivity index (χ3n) is 5.79. The SMILES string of the molecule is C=CCc1cc(/C=C2/NC(=O)N(CCC)C2=O)cc(OCC)c1OCc1cccc2ccccc12. The van der Waals surface area contributed by atoms with Crippen molar-refractivity contribution >= 4 is 28.8 Å². The number of ether oxygens (including phenoxy) is 2. The molecule has 0 bridgehead atoms. The summed E-state index contributed by atoms with van der Waals surface area (Å²) in [4.78, 5) is 26.1. The Balaban J connectivity index is 1.68. The second kappa shape index (κ2) is 10.9. The third-order valence-corrected chi connectivity index (χ3v) is 5.79. The predicted octanol–water partition coefficient (Wildman–Crippen LogP) is 5.85. The molecule has 0 aliphatic carbocycles. The molecule has 1 saturated heterocycles. The number of nitrogens with one attached hydrogen (secondary N) is 1. The largest absolute Gasteiger partial charge is 0.490 e. The van der Waals surface area contributed by atoms with Crippen molar-refractivity contribution in [3.8, 4) is 11.5 Å². The van der Waals surface area contributed by atoms with Crippen molar-refractivity contribution in [3.05, 3.63) is 89.6 Å². The van der Waals surface area contributed by atoms with Crippen LogP contribution in [0.15, 0.2) is 72.9 Å². The maximum Gasteiger partial charge on any atom is 0.329 e. The van der Waals surface area contributed by atoms with Crippen molar-refractivity contribution in [3.63, 3.8) is 0 Å². The van der Waals surface area contributed by atoms with E-state index in [1.54, 1.807) is 12.2 Å². The average Bonchev–Trinajstić information content (AvgIpc) is 3.11. The van der Waals surface area contributed by atoms with Crippen molar-refractivity contribution in [1.82, 2.24) is 10.2 Å². The quantitative estimate of drug-likeness (QED) is 0.229. The van der Waals surface area contributed by atoms with Gasteiger partial charge in [0.05, 0.1) is 6.61 Å². The molecule has 3 aromatic carbocycles. The molecule has 3 amide bonds. The summed E-state index contributed by atoms with van der Waals surface area (Å²) in [5.74, 6) is 0.911. The second-order valence-corrected chi connectivity index (χ2v) is 8.31. The molecule has 1 aliphatic heterocycles. The van der Waals surface area contributed by atoms with Crippen LogP contribution in [-0.2, 0) is 17.8 Å².